The molecule has 0 amide bonds. The SMILES string of the molecule is Cc1ccc(N2N=CC=NN2)cc1. The summed E-state index contributed by atoms with van der Waals surface area (Å²) in [6, 6.07) is 8.04. The van der Waals surface area contributed by atoms with Gasteiger partial charge in [-0.15, -0.1) is 0 Å². The summed E-state index contributed by atoms with van der Waals surface area (Å²) in [5, 5.41) is 9.55. The zero-order valence-electron chi connectivity index (χ0n) is 7.31. The van der Waals surface area contributed by atoms with Crippen molar-refractivity contribution in [3.05, 3.63) is 29.8 Å². The second kappa shape index (κ2) is 3.26. The molecule has 4 heteroatoms. The molecule has 0 aromatic heterocycles. The zero-order valence-corrected chi connectivity index (χ0v) is 7.31. The van der Waals surface area contributed by atoms with E-state index in [1.54, 1.807) is 17.5 Å². The van der Waals surface area contributed by atoms with Gasteiger partial charge in [-0.3, -0.25) is 0 Å². The second-order valence-corrected chi connectivity index (χ2v) is 2.79. The first-order valence-electron chi connectivity index (χ1n) is 4.04. The van der Waals surface area contributed by atoms with E-state index in [0.717, 1.165) is 5.69 Å². The lowest BCUT2D eigenvalue weighted by Crippen LogP contribution is -2.31. The molecule has 0 radical (unpaired) electrons. The van der Waals surface area contributed by atoms with Gasteiger partial charge < -0.3 is 0 Å². The van der Waals surface area contributed by atoms with E-state index in [1.807, 2.05) is 24.3 Å². The number of rotatable bonds is 1. The largest absolute Gasteiger partial charge is 0.197 e. The van der Waals surface area contributed by atoms with Crippen LogP contribution < -0.4 is 10.7 Å². The molecule has 0 saturated heterocycles. The average molecular weight is 174 g/mol. The van der Waals surface area contributed by atoms with Crippen molar-refractivity contribution in [2.24, 2.45) is 10.2 Å². The van der Waals surface area contributed by atoms with Gasteiger partial charge in [-0.25, -0.2) is 0 Å². The van der Waals surface area contributed by atoms with Crippen LogP contribution in [-0.4, -0.2) is 12.4 Å². The molecule has 1 aromatic carbocycles. The van der Waals surface area contributed by atoms with Crippen molar-refractivity contribution in [3.8, 4) is 0 Å². The maximum Gasteiger partial charge on any atom is 0.0850 e. The van der Waals surface area contributed by atoms with Crippen LogP contribution in [0.1, 0.15) is 5.56 Å². The Morgan fingerprint density at radius 3 is 2.54 bits per heavy atom. The summed E-state index contributed by atoms with van der Waals surface area (Å²) < 4.78 is 0. The highest BCUT2D eigenvalue weighted by atomic mass is 15.8. The minimum Gasteiger partial charge on any atom is -0.197 e. The third kappa shape index (κ3) is 1.66. The van der Waals surface area contributed by atoms with E-state index in [0.29, 0.717) is 0 Å². The van der Waals surface area contributed by atoms with Crippen molar-refractivity contribution in [2.75, 3.05) is 5.12 Å². The highest BCUT2D eigenvalue weighted by Gasteiger charge is 2.02. The molecule has 0 saturated carbocycles. The smallest absolute Gasteiger partial charge is 0.0850 e. The maximum absolute atomic E-state index is 4.08. The van der Waals surface area contributed by atoms with Crippen LogP contribution in [-0.2, 0) is 0 Å². The van der Waals surface area contributed by atoms with Gasteiger partial charge in [0.15, 0.2) is 0 Å². The van der Waals surface area contributed by atoms with Gasteiger partial charge in [0.05, 0.1) is 18.1 Å². The highest BCUT2D eigenvalue weighted by molar-refractivity contribution is 6.16. The van der Waals surface area contributed by atoms with Crippen molar-refractivity contribution in [1.29, 1.82) is 0 Å². The number of anilines is 1. The van der Waals surface area contributed by atoms with Crippen LogP contribution in [0.4, 0.5) is 5.69 Å². The van der Waals surface area contributed by atoms with Gasteiger partial charge in [-0.2, -0.15) is 20.9 Å². The fraction of sp³-hybridized carbons (Fsp3) is 0.111. The van der Waals surface area contributed by atoms with Gasteiger partial charge >= 0.3 is 0 Å². The summed E-state index contributed by atoms with van der Waals surface area (Å²) in [6.45, 7) is 2.05. The Labute approximate surface area is 76.5 Å². The molecule has 13 heavy (non-hydrogen) atoms. The van der Waals surface area contributed by atoms with E-state index >= 15 is 0 Å². The normalized spacial score (nSPS) is 14.4. The van der Waals surface area contributed by atoms with Crippen molar-refractivity contribution < 1.29 is 0 Å². The molecule has 1 aliphatic rings. The van der Waals surface area contributed by atoms with Crippen LogP contribution in [0.3, 0.4) is 0 Å². The van der Waals surface area contributed by atoms with Gasteiger partial charge in [0.2, 0.25) is 0 Å². The van der Waals surface area contributed by atoms with Gasteiger partial charge in [0.1, 0.15) is 0 Å². The van der Waals surface area contributed by atoms with E-state index in [1.165, 1.54) is 5.56 Å². The van der Waals surface area contributed by atoms with Crippen LogP contribution >= 0.6 is 0 Å². The highest BCUT2D eigenvalue weighted by Crippen LogP contribution is 2.13. The molecule has 0 unspecified atom stereocenters. The lowest BCUT2D eigenvalue weighted by atomic mass is 10.2. The molecule has 1 aromatic rings. The Balaban J connectivity index is 2.21. The summed E-state index contributed by atoms with van der Waals surface area (Å²) in [6.07, 6.45) is 3.24. The Kier molecular flexibility index (Phi) is 1.96. The number of nitrogens with one attached hydrogen (secondary N) is 1. The Morgan fingerprint density at radius 2 is 1.92 bits per heavy atom. The molecule has 4 nitrogen and oxygen atoms in total. The number of hydrazine groups is 1. The minimum absolute atomic E-state index is 0.971. The molecule has 0 atom stereocenters. The topological polar surface area (TPSA) is 40.0 Å². The van der Waals surface area contributed by atoms with Crippen LogP contribution in [0, 0.1) is 6.92 Å². The first-order valence-corrected chi connectivity index (χ1v) is 4.04. The lowest BCUT2D eigenvalue weighted by molar-refractivity contribution is 0.683. The quantitative estimate of drug-likeness (QED) is 0.696. The molecule has 0 fully saturated rings. The van der Waals surface area contributed by atoms with Crippen molar-refractivity contribution in [3.63, 3.8) is 0 Å². The summed E-state index contributed by atoms with van der Waals surface area (Å²) in [4.78, 5) is 0. The third-order valence-electron chi connectivity index (χ3n) is 1.75. The van der Waals surface area contributed by atoms with Crippen LogP contribution in [0.5, 0.6) is 0 Å². The number of hydrazone groups is 2. The zero-order chi connectivity index (χ0) is 9.10. The predicted molar refractivity (Wildman–Crippen MR) is 53.8 cm³/mol. The second-order valence-electron chi connectivity index (χ2n) is 2.79. The molecule has 0 aliphatic carbocycles. The van der Waals surface area contributed by atoms with Crippen LogP contribution in [0.25, 0.3) is 0 Å². The summed E-state index contributed by atoms with van der Waals surface area (Å²) in [5.74, 6) is 0. The summed E-state index contributed by atoms with van der Waals surface area (Å²) in [7, 11) is 0. The molecule has 66 valence electrons. The molecule has 2 rings (SSSR count). The van der Waals surface area contributed by atoms with Crippen LogP contribution in [0.15, 0.2) is 34.5 Å². The van der Waals surface area contributed by atoms with Crippen molar-refractivity contribution in [1.82, 2.24) is 5.53 Å². The number of benzene rings is 1. The fourth-order valence-corrected chi connectivity index (χ4v) is 1.05. The minimum atomic E-state index is 0.971. The Morgan fingerprint density at radius 1 is 1.15 bits per heavy atom. The first-order chi connectivity index (χ1) is 6.36. The molecule has 0 spiro atoms. The number of nitrogens with zero attached hydrogens (tertiary/aromatic N) is 3. The van der Waals surface area contributed by atoms with Gasteiger partial charge in [-0.1, -0.05) is 17.7 Å². The van der Waals surface area contributed by atoms with E-state index in [9.17, 15) is 0 Å². The number of aryl methyl sites for hydroxylation is 1. The molecule has 1 heterocycles. The molecule has 1 aliphatic heterocycles. The van der Waals surface area contributed by atoms with Gasteiger partial charge in [0.25, 0.3) is 0 Å². The Bertz CT molecular complexity index is 339. The average Bonchev–Trinajstić information content (AvgIpc) is 2.20. The summed E-state index contributed by atoms with van der Waals surface area (Å²) >= 11 is 0. The predicted octanol–water partition coefficient (Wildman–Crippen LogP) is 1.29. The molecule has 0 bridgehead atoms. The summed E-state index contributed by atoms with van der Waals surface area (Å²) in [5.41, 5.74) is 4.96. The fourth-order valence-electron chi connectivity index (χ4n) is 1.05. The lowest BCUT2D eigenvalue weighted by Gasteiger charge is -2.18. The van der Waals surface area contributed by atoms with Crippen molar-refractivity contribution >= 4 is 18.1 Å². The van der Waals surface area contributed by atoms with Crippen molar-refractivity contribution in [2.45, 2.75) is 6.92 Å². The van der Waals surface area contributed by atoms with E-state index in [-0.39, 0.29) is 0 Å². The number of hydrogen-bond acceptors (Lipinski definition) is 4. The molecular formula is C9H10N4. The van der Waals surface area contributed by atoms with Gasteiger partial charge in [0, 0.05) is 0 Å². The van der Waals surface area contributed by atoms with E-state index in [2.05, 4.69) is 22.7 Å². The molecular weight excluding hydrogens is 164 g/mol. The first kappa shape index (κ1) is 7.79. The van der Waals surface area contributed by atoms with Crippen LogP contribution in [0.2, 0.25) is 0 Å². The van der Waals surface area contributed by atoms with E-state index < -0.39 is 0 Å². The number of hydrogen-bond donors (Lipinski definition) is 1. The monoisotopic (exact) mass is 174 g/mol. The molecule has 1 N–H and O–H groups in total. The third-order valence-corrected chi connectivity index (χ3v) is 1.75. The Hall–Kier alpha value is -1.84. The maximum atomic E-state index is 4.08. The standard InChI is InChI=1S/C9H10N4/c1-8-2-4-9(5-3-8)13-11-7-6-10-12-13/h2-7,12H,1H3. The van der Waals surface area contributed by atoms with Gasteiger partial charge in [-0.05, 0) is 19.1 Å². The van der Waals surface area contributed by atoms with E-state index in [4.69, 9.17) is 0 Å².